The summed E-state index contributed by atoms with van der Waals surface area (Å²) in [7, 11) is 2.04. The van der Waals surface area contributed by atoms with E-state index in [4.69, 9.17) is 0 Å². The van der Waals surface area contributed by atoms with E-state index in [-0.39, 0.29) is 5.78 Å². The molecular formula is C16H15Br2NO. The smallest absolute Gasteiger partial charge is 0.160 e. The minimum atomic E-state index is 0.0685. The van der Waals surface area contributed by atoms with Crippen LogP contribution in [0.3, 0.4) is 0 Å². The van der Waals surface area contributed by atoms with Crippen LogP contribution in [0.5, 0.6) is 0 Å². The van der Waals surface area contributed by atoms with Crippen molar-refractivity contribution in [2.24, 2.45) is 0 Å². The van der Waals surface area contributed by atoms with Gasteiger partial charge in [-0.3, -0.25) is 4.79 Å². The summed E-state index contributed by atoms with van der Waals surface area (Å²) in [5, 5.41) is 0. The molecule has 0 aliphatic rings. The number of Topliss-reactive ketones (excluding diaryl/α,β-unsaturated/α-hetero) is 1. The third-order valence-corrected chi connectivity index (χ3v) is 4.29. The van der Waals surface area contributed by atoms with Gasteiger partial charge in [-0.05, 0) is 58.7 Å². The lowest BCUT2D eigenvalue weighted by Crippen LogP contribution is -2.16. The summed E-state index contributed by atoms with van der Waals surface area (Å²) in [6.45, 7) is 2.39. The van der Waals surface area contributed by atoms with Crippen molar-refractivity contribution in [2.75, 3.05) is 11.9 Å². The van der Waals surface area contributed by atoms with Crippen LogP contribution in [0.15, 0.2) is 51.4 Å². The average Bonchev–Trinajstić information content (AvgIpc) is 2.40. The zero-order chi connectivity index (χ0) is 14.7. The first-order valence-electron chi connectivity index (χ1n) is 6.23. The molecule has 0 saturated heterocycles. The molecule has 20 heavy (non-hydrogen) atoms. The van der Waals surface area contributed by atoms with E-state index in [1.807, 2.05) is 37.4 Å². The monoisotopic (exact) mass is 395 g/mol. The summed E-state index contributed by atoms with van der Waals surface area (Å²) in [6.07, 6.45) is 0. The number of anilines is 1. The molecule has 0 atom stereocenters. The summed E-state index contributed by atoms with van der Waals surface area (Å²) >= 11 is 6.89. The molecule has 2 nitrogen and oxygen atoms in total. The number of halogens is 2. The molecule has 0 N–H and O–H groups in total. The van der Waals surface area contributed by atoms with Crippen LogP contribution in [-0.4, -0.2) is 12.8 Å². The minimum absolute atomic E-state index is 0.0685. The summed E-state index contributed by atoms with van der Waals surface area (Å²) in [6, 6.07) is 14.1. The van der Waals surface area contributed by atoms with Gasteiger partial charge in [-0.25, -0.2) is 0 Å². The molecule has 0 fully saturated rings. The summed E-state index contributed by atoms with van der Waals surface area (Å²) in [5.41, 5.74) is 3.03. The first kappa shape index (κ1) is 15.3. The lowest BCUT2D eigenvalue weighted by Gasteiger charge is -2.20. The van der Waals surface area contributed by atoms with Crippen molar-refractivity contribution in [2.45, 2.75) is 13.5 Å². The second-order valence-electron chi connectivity index (χ2n) is 4.70. The molecule has 0 aromatic heterocycles. The topological polar surface area (TPSA) is 20.3 Å². The van der Waals surface area contributed by atoms with E-state index in [1.54, 1.807) is 6.92 Å². The minimum Gasteiger partial charge on any atom is -0.370 e. The Hall–Kier alpha value is -1.13. The number of hydrogen-bond acceptors (Lipinski definition) is 2. The number of benzene rings is 2. The van der Waals surface area contributed by atoms with Crippen molar-refractivity contribution in [1.82, 2.24) is 0 Å². The van der Waals surface area contributed by atoms with Gasteiger partial charge in [0.25, 0.3) is 0 Å². The van der Waals surface area contributed by atoms with Crippen LogP contribution in [0.1, 0.15) is 22.8 Å². The number of carbonyl (C=O) groups excluding carboxylic acids is 1. The highest BCUT2D eigenvalue weighted by molar-refractivity contribution is 9.10. The fourth-order valence-corrected chi connectivity index (χ4v) is 2.89. The molecule has 2 aromatic rings. The molecule has 0 unspecified atom stereocenters. The molecule has 0 spiro atoms. The van der Waals surface area contributed by atoms with Gasteiger partial charge in [0.05, 0.1) is 0 Å². The third-order valence-electron chi connectivity index (χ3n) is 3.11. The molecule has 4 heteroatoms. The van der Waals surface area contributed by atoms with Crippen LogP contribution >= 0.6 is 31.9 Å². The number of carbonyl (C=O) groups is 1. The number of hydrogen-bond donors (Lipinski definition) is 0. The van der Waals surface area contributed by atoms with Crippen molar-refractivity contribution >= 4 is 43.3 Å². The van der Waals surface area contributed by atoms with Gasteiger partial charge in [-0.15, -0.1) is 0 Å². The van der Waals surface area contributed by atoms with E-state index in [0.717, 1.165) is 21.2 Å². The first-order chi connectivity index (χ1) is 9.47. The first-order valence-corrected chi connectivity index (χ1v) is 7.82. The van der Waals surface area contributed by atoms with Gasteiger partial charge in [0, 0.05) is 33.8 Å². The quantitative estimate of drug-likeness (QED) is 0.674. The van der Waals surface area contributed by atoms with Crippen LogP contribution in [0.2, 0.25) is 0 Å². The van der Waals surface area contributed by atoms with Gasteiger partial charge in [0.1, 0.15) is 0 Å². The molecule has 104 valence electrons. The molecule has 0 amide bonds. The molecule has 0 bridgehead atoms. The summed E-state index contributed by atoms with van der Waals surface area (Å²) < 4.78 is 1.92. The van der Waals surface area contributed by atoms with Crippen LogP contribution in [0, 0.1) is 0 Å². The van der Waals surface area contributed by atoms with Gasteiger partial charge < -0.3 is 4.90 Å². The highest BCUT2D eigenvalue weighted by Crippen LogP contribution is 2.25. The zero-order valence-electron chi connectivity index (χ0n) is 11.4. The fraction of sp³-hybridized carbons (Fsp3) is 0.188. The predicted octanol–water partition coefficient (Wildman–Crippen LogP) is 5.05. The number of rotatable bonds is 4. The van der Waals surface area contributed by atoms with Crippen molar-refractivity contribution < 1.29 is 4.79 Å². The SMILES string of the molecule is CC(=O)c1ccc(N(C)Cc2ccc(Br)cc2)cc1Br. The average molecular weight is 397 g/mol. The Bertz CT molecular complexity index is 623. The van der Waals surface area contributed by atoms with Crippen LogP contribution in [-0.2, 0) is 6.54 Å². The second kappa shape index (κ2) is 6.55. The van der Waals surface area contributed by atoms with Gasteiger partial charge >= 0.3 is 0 Å². The molecule has 0 saturated carbocycles. The van der Waals surface area contributed by atoms with Gasteiger partial charge in [-0.2, -0.15) is 0 Å². The summed E-state index contributed by atoms with van der Waals surface area (Å²) in [5.74, 6) is 0.0685. The molecular weight excluding hydrogens is 382 g/mol. The largest absolute Gasteiger partial charge is 0.370 e. The molecule has 2 aromatic carbocycles. The Morgan fingerprint density at radius 1 is 1.10 bits per heavy atom. The Morgan fingerprint density at radius 2 is 1.75 bits per heavy atom. The fourth-order valence-electron chi connectivity index (χ4n) is 1.98. The maximum Gasteiger partial charge on any atom is 0.160 e. The van der Waals surface area contributed by atoms with Crippen molar-refractivity contribution in [3.8, 4) is 0 Å². The third kappa shape index (κ3) is 3.70. The number of nitrogens with zero attached hydrogens (tertiary/aromatic N) is 1. The maximum absolute atomic E-state index is 11.4. The normalized spacial score (nSPS) is 10.4. The predicted molar refractivity (Wildman–Crippen MR) is 90.4 cm³/mol. The number of ketones is 1. The Kier molecular flexibility index (Phi) is 5.00. The van der Waals surface area contributed by atoms with Gasteiger partial charge in [-0.1, -0.05) is 28.1 Å². The molecule has 0 radical (unpaired) electrons. The second-order valence-corrected chi connectivity index (χ2v) is 6.47. The van der Waals surface area contributed by atoms with Crippen molar-refractivity contribution in [1.29, 1.82) is 0 Å². The van der Waals surface area contributed by atoms with E-state index in [9.17, 15) is 4.79 Å². The highest BCUT2D eigenvalue weighted by atomic mass is 79.9. The zero-order valence-corrected chi connectivity index (χ0v) is 14.5. The van der Waals surface area contributed by atoms with E-state index in [0.29, 0.717) is 5.56 Å². The van der Waals surface area contributed by atoms with E-state index < -0.39 is 0 Å². The van der Waals surface area contributed by atoms with E-state index in [2.05, 4.69) is 48.9 Å². The van der Waals surface area contributed by atoms with Crippen LogP contribution in [0.4, 0.5) is 5.69 Å². The Labute approximate surface area is 136 Å². The molecule has 0 aliphatic carbocycles. The van der Waals surface area contributed by atoms with E-state index >= 15 is 0 Å². The van der Waals surface area contributed by atoms with Crippen LogP contribution in [0.25, 0.3) is 0 Å². The van der Waals surface area contributed by atoms with Gasteiger partial charge in [0.15, 0.2) is 5.78 Å². The summed E-state index contributed by atoms with van der Waals surface area (Å²) in [4.78, 5) is 13.6. The molecule has 0 heterocycles. The van der Waals surface area contributed by atoms with E-state index in [1.165, 1.54) is 5.56 Å². The van der Waals surface area contributed by atoms with Crippen molar-refractivity contribution in [3.05, 3.63) is 62.5 Å². The van der Waals surface area contributed by atoms with Gasteiger partial charge in [0.2, 0.25) is 0 Å². The Balaban J connectivity index is 2.17. The highest BCUT2D eigenvalue weighted by Gasteiger charge is 2.08. The Morgan fingerprint density at radius 3 is 2.30 bits per heavy atom. The molecule has 0 aliphatic heterocycles. The maximum atomic E-state index is 11.4. The lowest BCUT2D eigenvalue weighted by atomic mass is 10.1. The lowest BCUT2D eigenvalue weighted by molar-refractivity contribution is 0.101. The van der Waals surface area contributed by atoms with Crippen LogP contribution < -0.4 is 4.90 Å². The van der Waals surface area contributed by atoms with Crippen molar-refractivity contribution in [3.63, 3.8) is 0 Å². The molecule has 2 rings (SSSR count). The standard InChI is InChI=1S/C16H15Br2NO/c1-11(20)15-8-7-14(9-16(15)18)19(2)10-12-3-5-13(17)6-4-12/h3-9H,10H2,1-2H3.